The standard InChI is InChI=1S/C21H16N4O4/c1-15-19(17(13-23)20(29-15)24-10-5-6-11-24)21(27)28-14-18(26)25(12-9-22)16-7-3-2-4-8-16/h2-8,10-11H,12,14H2,1H3. The summed E-state index contributed by atoms with van der Waals surface area (Å²) in [7, 11) is 0. The summed E-state index contributed by atoms with van der Waals surface area (Å²) in [5.41, 5.74) is 0.505. The van der Waals surface area contributed by atoms with Crippen LogP contribution in [-0.4, -0.2) is 29.6 Å². The molecule has 0 aliphatic rings. The summed E-state index contributed by atoms with van der Waals surface area (Å²) >= 11 is 0. The number of carbonyl (C=O) groups is 2. The third-order valence-electron chi connectivity index (χ3n) is 4.15. The molecule has 8 heteroatoms. The lowest BCUT2D eigenvalue weighted by molar-refractivity contribution is -0.121. The molecule has 0 fully saturated rings. The number of aryl methyl sites for hydroxylation is 1. The molecule has 1 amide bonds. The number of nitrogens with zero attached hydrogens (tertiary/aromatic N) is 4. The second-order valence-corrected chi connectivity index (χ2v) is 5.97. The Balaban J connectivity index is 1.78. The molecule has 0 radical (unpaired) electrons. The molecule has 8 nitrogen and oxygen atoms in total. The average molecular weight is 388 g/mol. The maximum absolute atomic E-state index is 12.6. The molecule has 0 aliphatic heterocycles. The molecular weight excluding hydrogens is 372 g/mol. The van der Waals surface area contributed by atoms with Gasteiger partial charge in [0.2, 0.25) is 5.88 Å². The van der Waals surface area contributed by atoms with Gasteiger partial charge in [0.05, 0.1) is 6.07 Å². The zero-order valence-corrected chi connectivity index (χ0v) is 15.5. The molecule has 0 unspecified atom stereocenters. The van der Waals surface area contributed by atoms with Gasteiger partial charge in [0.25, 0.3) is 5.91 Å². The van der Waals surface area contributed by atoms with E-state index < -0.39 is 18.5 Å². The van der Waals surface area contributed by atoms with Crippen molar-refractivity contribution in [1.82, 2.24) is 4.57 Å². The second-order valence-electron chi connectivity index (χ2n) is 5.97. The van der Waals surface area contributed by atoms with Crippen molar-refractivity contribution in [3.8, 4) is 18.0 Å². The van der Waals surface area contributed by atoms with E-state index in [0.29, 0.717) is 5.69 Å². The van der Waals surface area contributed by atoms with Crippen LogP contribution in [0.2, 0.25) is 0 Å². The highest BCUT2D eigenvalue weighted by molar-refractivity contribution is 5.99. The van der Waals surface area contributed by atoms with Crippen LogP contribution in [0.1, 0.15) is 21.7 Å². The van der Waals surface area contributed by atoms with Gasteiger partial charge >= 0.3 is 5.97 Å². The fraction of sp³-hybridized carbons (Fsp3) is 0.143. The number of aromatic nitrogens is 1. The van der Waals surface area contributed by atoms with Gasteiger partial charge in [0, 0.05) is 18.1 Å². The first-order chi connectivity index (χ1) is 14.1. The van der Waals surface area contributed by atoms with Crippen LogP contribution in [0.4, 0.5) is 5.69 Å². The van der Waals surface area contributed by atoms with Crippen LogP contribution in [0, 0.1) is 29.6 Å². The number of benzene rings is 1. The molecule has 2 heterocycles. The minimum Gasteiger partial charge on any atom is -0.452 e. The number of carbonyl (C=O) groups excluding carboxylic acids is 2. The van der Waals surface area contributed by atoms with Gasteiger partial charge in [-0.05, 0) is 31.2 Å². The maximum Gasteiger partial charge on any atom is 0.343 e. The Morgan fingerprint density at radius 3 is 2.45 bits per heavy atom. The van der Waals surface area contributed by atoms with Crippen LogP contribution in [0.5, 0.6) is 0 Å². The highest BCUT2D eigenvalue weighted by Crippen LogP contribution is 2.26. The number of furan rings is 1. The first-order valence-corrected chi connectivity index (χ1v) is 8.63. The van der Waals surface area contributed by atoms with Crippen molar-refractivity contribution in [2.45, 2.75) is 6.92 Å². The van der Waals surface area contributed by atoms with Crippen molar-refractivity contribution >= 4 is 17.6 Å². The summed E-state index contributed by atoms with van der Waals surface area (Å²) in [6.45, 7) is 0.772. The van der Waals surface area contributed by atoms with Crippen LogP contribution >= 0.6 is 0 Å². The lowest BCUT2D eigenvalue weighted by Gasteiger charge is -2.19. The van der Waals surface area contributed by atoms with E-state index in [-0.39, 0.29) is 29.3 Å². The number of nitriles is 2. The molecule has 0 atom stereocenters. The average Bonchev–Trinajstić information content (AvgIpc) is 3.38. The molecule has 3 rings (SSSR count). The van der Waals surface area contributed by atoms with E-state index in [4.69, 9.17) is 14.4 Å². The molecule has 0 saturated heterocycles. The van der Waals surface area contributed by atoms with Crippen LogP contribution in [0.3, 0.4) is 0 Å². The Morgan fingerprint density at radius 2 is 1.83 bits per heavy atom. The summed E-state index contributed by atoms with van der Waals surface area (Å²) in [6.07, 6.45) is 3.36. The largest absolute Gasteiger partial charge is 0.452 e. The van der Waals surface area contributed by atoms with Crippen LogP contribution in [-0.2, 0) is 9.53 Å². The zero-order chi connectivity index (χ0) is 20.8. The SMILES string of the molecule is Cc1oc(-n2cccc2)c(C#N)c1C(=O)OCC(=O)N(CC#N)c1ccccc1. The van der Waals surface area contributed by atoms with E-state index in [0.717, 1.165) is 0 Å². The summed E-state index contributed by atoms with van der Waals surface area (Å²) in [4.78, 5) is 26.3. The van der Waals surface area contributed by atoms with Crippen LogP contribution in [0.25, 0.3) is 5.88 Å². The summed E-state index contributed by atoms with van der Waals surface area (Å²) in [5.74, 6) is -1.00. The highest BCUT2D eigenvalue weighted by atomic mass is 16.5. The van der Waals surface area contributed by atoms with Crippen molar-refractivity contribution in [2.75, 3.05) is 18.1 Å². The number of ether oxygens (including phenoxy) is 1. The minimum atomic E-state index is -0.848. The monoisotopic (exact) mass is 388 g/mol. The smallest absolute Gasteiger partial charge is 0.343 e. The van der Waals surface area contributed by atoms with E-state index >= 15 is 0 Å². The van der Waals surface area contributed by atoms with Gasteiger partial charge in [0.1, 0.15) is 29.5 Å². The van der Waals surface area contributed by atoms with E-state index in [2.05, 4.69) is 0 Å². The molecule has 144 valence electrons. The van der Waals surface area contributed by atoms with Crippen LogP contribution < -0.4 is 4.90 Å². The first-order valence-electron chi connectivity index (χ1n) is 8.63. The Labute approximate surface area is 166 Å². The normalized spacial score (nSPS) is 10.0. The molecule has 0 bridgehead atoms. The third kappa shape index (κ3) is 4.02. The van der Waals surface area contributed by atoms with Crippen molar-refractivity contribution in [3.63, 3.8) is 0 Å². The van der Waals surface area contributed by atoms with Gasteiger partial charge in [-0.15, -0.1) is 0 Å². The molecular formula is C21H16N4O4. The van der Waals surface area contributed by atoms with E-state index in [9.17, 15) is 14.9 Å². The van der Waals surface area contributed by atoms with Crippen molar-refractivity contribution in [2.24, 2.45) is 0 Å². The van der Waals surface area contributed by atoms with Crippen molar-refractivity contribution < 1.29 is 18.7 Å². The lowest BCUT2D eigenvalue weighted by Crippen LogP contribution is -2.35. The van der Waals surface area contributed by atoms with Crippen molar-refractivity contribution in [1.29, 1.82) is 10.5 Å². The van der Waals surface area contributed by atoms with Gasteiger partial charge in [-0.2, -0.15) is 10.5 Å². The van der Waals surface area contributed by atoms with E-state index in [1.54, 1.807) is 59.4 Å². The highest BCUT2D eigenvalue weighted by Gasteiger charge is 2.27. The van der Waals surface area contributed by atoms with E-state index in [1.165, 1.54) is 11.8 Å². The quantitative estimate of drug-likeness (QED) is 0.474. The third-order valence-corrected chi connectivity index (χ3v) is 4.15. The van der Waals surface area contributed by atoms with Crippen LogP contribution in [0.15, 0.2) is 59.3 Å². The zero-order valence-electron chi connectivity index (χ0n) is 15.5. The maximum atomic E-state index is 12.6. The predicted octanol–water partition coefficient (Wildman–Crippen LogP) is 2.96. The van der Waals surface area contributed by atoms with Gasteiger partial charge in [0.15, 0.2) is 6.61 Å². The molecule has 0 aliphatic carbocycles. The Morgan fingerprint density at radius 1 is 1.14 bits per heavy atom. The molecule has 3 aromatic rings. The number of rotatable bonds is 6. The Bertz CT molecular complexity index is 1100. The number of esters is 1. The van der Waals surface area contributed by atoms with Gasteiger partial charge in [-0.3, -0.25) is 14.3 Å². The Hall–Kier alpha value is -4.30. The van der Waals surface area contributed by atoms with Gasteiger partial charge in [-0.1, -0.05) is 18.2 Å². The summed E-state index contributed by atoms with van der Waals surface area (Å²) in [6, 6.07) is 16.0. The molecule has 0 saturated carbocycles. The first kappa shape index (κ1) is 19.5. The Kier molecular flexibility index (Phi) is 5.77. The van der Waals surface area contributed by atoms with E-state index in [1.807, 2.05) is 12.1 Å². The summed E-state index contributed by atoms with van der Waals surface area (Å²) in [5, 5.41) is 18.5. The number of amides is 1. The number of para-hydroxylation sites is 1. The van der Waals surface area contributed by atoms with Gasteiger partial charge < -0.3 is 9.15 Å². The van der Waals surface area contributed by atoms with Gasteiger partial charge in [-0.25, -0.2) is 4.79 Å². The second kappa shape index (κ2) is 8.59. The predicted molar refractivity (Wildman–Crippen MR) is 102 cm³/mol. The number of hydrogen-bond acceptors (Lipinski definition) is 6. The molecule has 1 aromatic carbocycles. The molecule has 0 N–H and O–H groups in total. The fourth-order valence-corrected chi connectivity index (χ4v) is 2.81. The number of anilines is 1. The summed E-state index contributed by atoms with van der Waals surface area (Å²) < 4.78 is 12.3. The topological polar surface area (TPSA) is 112 Å². The minimum absolute atomic E-state index is 0.0214. The molecule has 29 heavy (non-hydrogen) atoms. The fourth-order valence-electron chi connectivity index (χ4n) is 2.81. The molecule has 2 aromatic heterocycles. The number of hydrogen-bond donors (Lipinski definition) is 0. The van der Waals surface area contributed by atoms with Crippen molar-refractivity contribution in [3.05, 3.63) is 71.7 Å². The lowest BCUT2D eigenvalue weighted by atomic mass is 10.1. The molecule has 0 spiro atoms.